The molecular weight excluding hydrogens is 181 g/mol. The Labute approximate surface area is 73.1 Å². The third-order valence-corrected chi connectivity index (χ3v) is 1.58. The number of phenolic OH excluding ortho intramolecular Hbond substituents is 1. The van der Waals surface area contributed by atoms with Gasteiger partial charge in [-0.3, -0.25) is 0 Å². The molecule has 1 rings (SSSR count). The Hall–Kier alpha value is -1.45. The van der Waals surface area contributed by atoms with E-state index >= 15 is 0 Å². The molecule has 0 spiro atoms. The molecule has 0 radical (unpaired) electrons. The minimum atomic E-state index is -4.55. The normalized spacial score (nSPS) is 11.3. The van der Waals surface area contributed by atoms with E-state index in [0.717, 1.165) is 12.1 Å². The lowest BCUT2D eigenvalue weighted by Crippen LogP contribution is -2.07. The van der Waals surface area contributed by atoms with Crippen LogP contribution in [0.1, 0.15) is 11.1 Å². The lowest BCUT2D eigenvalue weighted by Gasteiger charge is -2.11. The maximum atomic E-state index is 12.3. The van der Waals surface area contributed by atoms with Crippen LogP contribution < -0.4 is 0 Å². The Balaban J connectivity index is 3.40. The summed E-state index contributed by atoms with van der Waals surface area (Å²) in [5.74, 6) is -0.773. The summed E-state index contributed by atoms with van der Waals surface area (Å²) in [6, 6.07) is 3.58. The maximum absolute atomic E-state index is 12.3. The van der Waals surface area contributed by atoms with E-state index in [1.54, 1.807) is 0 Å². The molecule has 0 amide bonds. The highest BCUT2D eigenvalue weighted by Gasteiger charge is 2.35. The van der Waals surface area contributed by atoms with Crippen LogP contribution in [-0.4, -0.2) is 5.11 Å². The second kappa shape index (κ2) is 3.12. The fourth-order valence-electron chi connectivity index (χ4n) is 1.04. The summed E-state index contributed by atoms with van der Waals surface area (Å²) in [5.41, 5.74) is -1.16. The lowest BCUT2D eigenvalue weighted by atomic mass is 10.1. The summed E-state index contributed by atoms with van der Waals surface area (Å²) in [6.07, 6.45) is -3.49. The van der Waals surface area contributed by atoms with Crippen molar-refractivity contribution in [1.82, 2.24) is 0 Å². The van der Waals surface area contributed by atoms with Crippen molar-refractivity contribution in [3.05, 3.63) is 35.9 Å². The standard InChI is InChI=1S/C9H7F3O/c1-2-6-4-3-5-7(13)8(6)9(10,11)12/h2-5,13H,1H2. The zero-order valence-electron chi connectivity index (χ0n) is 6.60. The molecule has 13 heavy (non-hydrogen) atoms. The van der Waals surface area contributed by atoms with Crippen LogP contribution in [0.5, 0.6) is 5.75 Å². The Bertz CT molecular complexity index is 328. The first-order chi connectivity index (χ1) is 5.96. The van der Waals surface area contributed by atoms with Crippen LogP contribution in [0.15, 0.2) is 24.8 Å². The van der Waals surface area contributed by atoms with Crippen LogP contribution >= 0.6 is 0 Å². The number of alkyl halides is 3. The van der Waals surface area contributed by atoms with Crippen LogP contribution in [0.3, 0.4) is 0 Å². The largest absolute Gasteiger partial charge is 0.507 e. The molecule has 0 heterocycles. The summed E-state index contributed by atoms with van der Waals surface area (Å²) >= 11 is 0. The highest BCUT2D eigenvalue weighted by atomic mass is 19.4. The molecule has 0 aromatic heterocycles. The zero-order chi connectivity index (χ0) is 10.1. The topological polar surface area (TPSA) is 20.2 Å². The van der Waals surface area contributed by atoms with Crippen molar-refractivity contribution in [3.8, 4) is 5.75 Å². The number of halogens is 3. The zero-order valence-corrected chi connectivity index (χ0v) is 6.60. The average Bonchev–Trinajstić information content (AvgIpc) is 2.01. The van der Waals surface area contributed by atoms with Crippen molar-refractivity contribution in [2.24, 2.45) is 0 Å². The number of hydrogen-bond acceptors (Lipinski definition) is 1. The minimum absolute atomic E-state index is 0.118. The average molecular weight is 188 g/mol. The monoisotopic (exact) mass is 188 g/mol. The quantitative estimate of drug-likeness (QED) is 0.718. The van der Waals surface area contributed by atoms with E-state index in [2.05, 4.69) is 6.58 Å². The van der Waals surface area contributed by atoms with Crippen molar-refractivity contribution < 1.29 is 18.3 Å². The van der Waals surface area contributed by atoms with E-state index in [1.807, 2.05) is 0 Å². The van der Waals surface area contributed by atoms with Crippen molar-refractivity contribution in [3.63, 3.8) is 0 Å². The fourth-order valence-corrected chi connectivity index (χ4v) is 1.04. The highest BCUT2D eigenvalue weighted by molar-refractivity contribution is 5.57. The van der Waals surface area contributed by atoms with Crippen LogP contribution in [0.2, 0.25) is 0 Å². The Morgan fingerprint density at radius 1 is 1.31 bits per heavy atom. The first-order valence-electron chi connectivity index (χ1n) is 3.48. The molecule has 0 bridgehead atoms. The molecule has 0 unspecified atom stereocenters. The molecule has 0 atom stereocenters. The molecule has 0 aliphatic carbocycles. The molecule has 70 valence electrons. The van der Waals surface area contributed by atoms with Gasteiger partial charge in [0.1, 0.15) is 11.3 Å². The molecule has 0 saturated heterocycles. The Kier molecular flexibility index (Phi) is 2.32. The van der Waals surface area contributed by atoms with E-state index < -0.39 is 17.5 Å². The highest BCUT2D eigenvalue weighted by Crippen LogP contribution is 2.38. The molecular formula is C9H7F3O. The number of aromatic hydroxyl groups is 1. The number of benzene rings is 1. The molecule has 0 aliphatic rings. The summed E-state index contributed by atoms with van der Waals surface area (Å²) in [6.45, 7) is 3.24. The first kappa shape index (κ1) is 9.64. The van der Waals surface area contributed by atoms with E-state index in [-0.39, 0.29) is 5.56 Å². The molecule has 1 aromatic rings. The smallest absolute Gasteiger partial charge is 0.420 e. The van der Waals surface area contributed by atoms with Gasteiger partial charge in [0.25, 0.3) is 0 Å². The van der Waals surface area contributed by atoms with Gasteiger partial charge in [0.05, 0.1) is 0 Å². The summed E-state index contributed by atoms with van der Waals surface area (Å²) in [5, 5.41) is 8.99. The summed E-state index contributed by atoms with van der Waals surface area (Å²) in [4.78, 5) is 0. The predicted molar refractivity (Wildman–Crippen MR) is 43.2 cm³/mol. The van der Waals surface area contributed by atoms with E-state index in [9.17, 15) is 13.2 Å². The predicted octanol–water partition coefficient (Wildman–Crippen LogP) is 3.05. The van der Waals surface area contributed by atoms with Gasteiger partial charge in [0.15, 0.2) is 0 Å². The number of phenols is 1. The van der Waals surface area contributed by atoms with Crippen molar-refractivity contribution >= 4 is 6.08 Å². The van der Waals surface area contributed by atoms with Gasteiger partial charge in [-0.2, -0.15) is 13.2 Å². The fraction of sp³-hybridized carbons (Fsp3) is 0.111. The maximum Gasteiger partial charge on any atom is 0.420 e. The van der Waals surface area contributed by atoms with Crippen LogP contribution in [0.4, 0.5) is 13.2 Å². The van der Waals surface area contributed by atoms with Gasteiger partial charge in [-0.1, -0.05) is 24.8 Å². The van der Waals surface area contributed by atoms with Gasteiger partial charge >= 0.3 is 6.18 Å². The Morgan fingerprint density at radius 2 is 1.92 bits per heavy atom. The first-order valence-corrected chi connectivity index (χ1v) is 3.48. The van der Waals surface area contributed by atoms with Crippen molar-refractivity contribution in [2.45, 2.75) is 6.18 Å². The van der Waals surface area contributed by atoms with Gasteiger partial charge in [0.2, 0.25) is 0 Å². The molecule has 1 aromatic carbocycles. The molecule has 4 heteroatoms. The molecule has 0 aliphatic heterocycles. The SMILES string of the molecule is C=Cc1cccc(O)c1C(F)(F)F. The van der Waals surface area contributed by atoms with Gasteiger partial charge in [-0.25, -0.2) is 0 Å². The van der Waals surface area contributed by atoms with Crippen LogP contribution in [0.25, 0.3) is 6.08 Å². The van der Waals surface area contributed by atoms with Crippen LogP contribution in [-0.2, 0) is 6.18 Å². The van der Waals surface area contributed by atoms with Gasteiger partial charge in [-0.05, 0) is 11.6 Å². The van der Waals surface area contributed by atoms with E-state index in [0.29, 0.717) is 0 Å². The van der Waals surface area contributed by atoms with Gasteiger partial charge < -0.3 is 5.11 Å². The summed E-state index contributed by atoms with van der Waals surface area (Å²) < 4.78 is 36.9. The number of hydrogen-bond donors (Lipinski definition) is 1. The van der Waals surface area contributed by atoms with Crippen molar-refractivity contribution in [1.29, 1.82) is 0 Å². The summed E-state index contributed by atoms with van der Waals surface area (Å²) in [7, 11) is 0. The second-order valence-electron chi connectivity index (χ2n) is 2.44. The number of rotatable bonds is 1. The minimum Gasteiger partial charge on any atom is -0.507 e. The van der Waals surface area contributed by atoms with Crippen molar-refractivity contribution in [2.75, 3.05) is 0 Å². The third-order valence-electron chi connectivity index (χ3n) is 1.58. The van der Waals surface area contributed by atoms with Gasteiger partial charge in [0, 0.05) is 0 Å². The lowest BCUT2D eigenvalue weighted by molar-refractivity contribution is -0.138. The second-order valence-corrected chi connectivity index (χ2v) is 2.44. The van der Waals surface area contributed by atoms with Gasteiger partial charge in [-0.15, -0.1) is 0 Å². The van der Waals surface area contributed by atoms with E-state index in [1.165, 1.54) is 12.1 Å². The molecule has 1 N–H and O–H groups in total. The molecule has 0 fully saturated rings. The molecule has 0 saturated carbocycles. The third kappa shape index (κ3) is 1.83. The van der Waals surface area contributed by atoms with E-state index in [4.69, 9.17) is 5.11 Å². The van der Waals surface area contributed by atoms with Crippen LogP contribution in [0, 0.1) is 0 Å². The Morgan fingerprint density at radius 3 is 2.31 bits per heavy atom. The molecule has 1 nitrogen and oxygen atoms in total.